The third-order valence-electron chi connectivity index (χ3n) is 1.90. The molecule has 4 nitrogen and oxygen atoms in total. The summed E-state index contributed by atoms with van der Waals surface area (Å²) in [6.07, 6.45) is 4.77. The summed E-state index contributed by atoms with van der Waals surface area (Å²) < 4.78 is 0. The first-order chi connectivity index (χ1) is 7.13. The number of hydrogen-bond donors (Lipinski definition) is 1. The highest BCUT2D eigenvalue weighted by atomic mass is 16.2. The van der Waals surface area contributed by atoms with Crippen molar-refractivity contribution < 1.29 is 14.7 Å². The minimum absolute atomic E-state index is 0.266. The van der Waals surface area contributed by atoms with Gasteiger partial charge in [0, 0.05) is 14.2 Å². The molecule has 1 N–H and O–H groups in total. The van der Waals surface area contributed by atoms with Crippen molar-refractivity contribution in [2.45, 2.75) is 6.92 Å². The maximum atomic E-state index is 11.4. The highest BCUT2D eigenvalue weighted by molar-refractivity contribution is 6.21. The number of likely N-dealkylation sites (N-methyl/N-ethyl adjacent to an activating group) is 1. The smallest absolute Gasteiger partial charge is 0.261 e. The number of hydrogen-bond acceptors (Lipinski definition) is 3. The van der Waals surface area contributed by atoms with Gasteiger partial charge in [0.05, 0.1) is 11.1 Å². The van der Waals surface area contributed by atoms with Crippen LogP contribution in [0.15, 0.2) is 36.0 Å². The van der Waals surface area contributed by atoms with Gasteiger partial charge in [-0.25, -0.2) is 0 Å². The quantitative estimate of drug-likeness (QED) is 0.679. The Morgan fingerprint density at radius 1 is 1.20 bits per heavy atom. The molecule has 0 spiro atoms. The van der Waals surface area contributed by atoms with Gasteiger partial charge in [-0.05, 0) is 6.92 Å². The van der Waals surface area contributed by atoms with Crippen LogP contribution in [-0.2, 0) is 9.59 Å². The van der Waals surface area contributed by atoms with Crippen molar-refractivity contribution in [3.63, 3.8) is 0 Å². The number of amides is 2. The molecule has 1 rings (SSSR count). The lowest BCUT2D eigenvalue weighted by molar-refractivity contribution is -0.135. The average molecular weight is 209 g/mol. The molecule has 0 aromatic heterocycles. The average Bonchev–Trinajstić information content (AvgIpc) is 2.47. The van der Waals surface area contributed by atoms with Crippen LogP contribution >= 0.6 is 0 Å². The summed E-state index contributed by atoms with van der Waals surface area (Å²) in [5, 5.41) is 7.00. The minimum Gasteiger partial charge on any atom is -0.400 e. The molecule has 82 valence electrons. The van der Waals surface area contributed by atoms with Crippen molar-refractivity contribution >= 4 is 11.8 Å². The fourth-order valence-electron chi connectivity index (χ4n) is 1.21. The van der Waals surface area contributed by atoms with Gasteiger partial charge in [-0.15, -0.1) is 0 Å². The van der Waals surface area contributed by atoms with Gasteiger partial charge in [0.2, 0.25) is 0 Å². The molecule has 0 fully saturated rings. The van der Waals surface area contributed by atoms with Crippen LogP contribution in [0.3, 0.4) is 0 Å². The number of aliphatic hydroxyl groups excluding tert-OH is 1. The Morgan fingerprint density at radius 2 is 1.67 bits per heavy atom. The molecule has 0 unspecified atom stereocenters. The molecule has 0 atom stereocenters. The fourth-order valence-corrected chi connectivity index (χ4v) is 1.21. The third kappa shape index (κ3) is 2.41. The molecule has 1 heterocycles. The second-order valence-electron chi connectivity index (χ2n) is 2.70. The lowest BCUT2D eigenvalue weighted by atomic mass is 10.1. The Balaban J connectivity index is 0.000000921. The van der Waals surface area contributed by atoms with Crippen molar-refractivity contribution in [3.8, 4) is 0 Å². The molecule has 1 aliphatic rings. The van der Waals surface area contributed by atoms with Crippen LogP contribution in [0.4, 0.5) is 0 Å². The molecular weight excluding hydrogens is 194 g/mol. The first kappa shape index (κ1) is 13.3. The standard InChI is InChI=1S/C10H11NO2.CH4O/c1-4-6-8-7(5-2)9(12)11(3)10(8)13;1-2/h4-6H,2H2,1,3H3;2H,1H3/b6-4-;. The van der Waals surface area contributed by atoms with Gasteiger partial charge in [-0.3, -0.25) is 14.5 Å². The van der Waals surface area contributed by atoms with Crippen molar-refractivity contribution in [1.82, 2.24) is 4.90 Å². The van der Waals surface area contributed by atoms with Gasteiger partial charge < -0.3 is 5.11 Å². The van der Waals surface area contributed by atoms with E-state index in [4.69, 9.17) is 5.11 Å². The number of carbonyl (C=O) groups excluding carboxylic acids is 2. The van der Waals surface area contributed by atoms with Crippen LogP contribution in [0.25, 0.3) is 0 Å². The molecule has 0 saturated heterocycles. The maximum Gasteiger partial charge on any atom is 0.261 e. The molecule has 15 heavy (non-hydrogen) atoms. The summed E-state index contributed by atoms with van der Waals surface area (Å²) in [5.74, 6) is -0.550. The van der Waals surface area contributed by atoms with E-state index in [2.05, 4.69) is 6.58 Å². The van der Waals surface area contributed by atoms with Gasteiger partial charge in [-0.2, -0.15) is 0 Å². The Hall–Kier alpha value is -1.68. The second-order valence-corrected chi connectivity index (χ2v) is 2.70. The predicted molar refractivity (Wildman–Crippen MR) is 58.0 cm³/mol. The molecule has 0 bridgehead atoms. The van der Waals surface area contributed by atoms with Crippen molar-refractivity contribution in [3.05, 3.63) is 36.0 Å². The van der Waals surface area contributed by atoms with Crippen molar-refractivity contribution in [2.75, 3.05) is 14.2 Å². The van der Waals surface area contributed by atoms with Crippen LogP contribution in [0.5, 0.6) is 0 Å². The third-order valence-corrected chi connectivity index (χ3v) is 1.90. The zero-order valence-electron chi connectivity index (χ0n) is 9.15. The monoisotopic (exact) mass is 209 g/mol. The summed E-state index contributed by atoms with van der Waals surface area (Å²) in [7, 11) is 2.46. The van der Waals surface area contributed by atoms with E-state index in [-0.39, 0.29) is 11.8 Å². The summed E-state index contributed by atoms with van der Waals surface area (Å²) in [5.41, 5.74) is 0.801. The van der Waals surface area contributed by atoms with E-state index in [1.165, 1.54) is 13.1 Å². The van der Waals surface area contributed by atoms with Crippen molar-refractivity contribution in [2.24, 2.45) is 0 Å². The molecule has 0 aromatic carbocycles. The Bertz CT molecular complexity index is 340. The van der Waals surface area contributed by atoms with Gasteiger partial charge in [-0.1, -0.05) is 24.8 Å². The zero-order valence-corrected chi connectivity index (χ0v) is 9.15. The Morgan fingerprint density at radius 3 is 2.07 bits per heavy atom. The van der Waals surface area contributed by atoms with E-state index in [1.807, 2.05) is 0 Å². The first-order valence-corrected chi connectivity index (χ1v) is 4.40. The lowest BCUT2D eigenvalue weighted by Gasteiger charge is -2.04. The van der Waals surface area contributed by atoms with Crippen LogP contribution < -0.4 is 0 Å². The van der Waals surface area contributed by atoms with E-state index in [0.717, 1.165) is 12.0 Å². The molecule has 0 aliphatic carbocycles. The maximum absolute atomic E-state index is 11.4. The van der Waals surface area contributed by atoms with Crippen LogP contribution in [0.2, 0.25) is 0 Å². The lowest BCUT2D eigenvalue weighted by Crippen LogP contribution is -2.26. The number of imide groups is 1. The van der Waals surface area contributed by atoms with Gasteiger partial charge in [0.25, 0.3) is 11.8 Å². The molecule has 0 aromatic rings. The highest BCUT2D eigenvalue weighted by Crippen LogP contribution is 2.20. The SMILES string of the molecule is C=CC1=C(/C=C\C)C(=O)N(C)C1=O.CO. The summed E-state index contributed by atoms with van der Waals surface area (Å²) in [4.78, 5) is 23.9. The van der Waals surface area contributed by atoms with Gasteiger partial charge in [0.1, 0.15) is 0 Å². The number of aliphatic hydroxyl groups is 1. The summed E-state index contributed by atoms with van der Waals surface area (Å²) >= 11 is 0. The molecule has 0 saturated carbocycles. The van der Waals surface area contributed by atoms with Gasteiger partial charge in [0.15, 0.2) is 0 Å². The van der Waals surface area contributed by atoms with Crippen LogP contribution in [0, 0.1) is 0 Å². The van der Waals surface area contributed by atoms with Crippen molar-refractivity contribution in [1.29, 1.82) is 0 Å². The predicted octanol–water partition coefficient (Wildman–Crippen LogP) is 0.652. The number of carbonyl (C=O) groups is 2. The molecule has 4 heteroatoms. The number of nitrogens with zero attached hydrogens (tertiary/aromatic N) is 1. The molecule has 0 radical (unpaired) electrons. The topological polar surface area (TPSA) is 57.6 Å². The normalized spacial score (nSPS) is 15.9. The number of rotatable bonds is 2. The fraction of sp³-hybridized carbons (Fsp3) is 0.273. The summed E-state index contributed by atoms with van der Waals surface area (Å²) in [6, 6.07) is 0. The molecule has 2 amide bonds. The summed E-state index contributed by atoms with van der Waals surface area (Å²) in [6.45, 7) is 5.30. The van der Waals surface area contributed by atoms with E-state index >= 15 is 0 Å². The minimum atomic E-state index is -0.284. The van der Waals surface area contributed by atoms with E-state index in [0.29, 0.717) is 11.1 Å². The van der Waals surface area contributed by atoms with E-state index in [1.54, 1.807) is 19.1 Å². The second kappa shape index (κ2) is 5.93. The van der Waals surface area contributed by atoms with E-state index < -0.39 is 0 Å². The Kier molecular flexibility index (Phi) is 5.26. The van der Waals surface area contributed by atoms with Gasteiger partial charge >= 0.3 is 0 Å². The molecule has 1 aliphatic heterocycles. The zero-order chi connectivity index (χ0) is 12.0. The first-order valence-electron chi connectivity index (χ1n) is 4.40. The van der Waals surface area contributed by atoms with Crippen LogP contribution in [-0.4, -0.2) is 36.0 Å². The Labute approximate surface area is 89.2 Å². The van der Waals surface area contributed by atoms with Crippen LogP contribution in [0.1, 0.15) is 6.92 Å². The largest absolute Gasteiger partial charge is 0.400 e. The van der Waals surface area contributed by atoms with E-state index in [9.17, 15) is 9.59 Å². The number of allylic oxidation sites excluding steroid dienone is 1. The highest BCUT2D eigenvalue weighted by Gasteiger charge is 2.32. The molecular formula is C11H15NO3.